The first-order valence-electron chi connectivity index (χ1n) is 5.33. The second-order valence-corrected chi connectivity index (χ2v) is 4.15. The van der Waals surface area contributed by atoms with Gasteiger partial charge in [-0.25, -0.2) is 0 Å². The lowest BCUT2D eigenvalue weighted by Gasteiger charge is -2.12. The fourth-order valence-electron chi connectivity index (χ4n) is 2.09. The molecule has 5 heteroatoms. The molecule has 1 saturated carbocycles. The molecule has 0 aliphatic heterocycles. The molecule has 2 rings (SSSR count). The molecule has 1 amide bonds. The van der Waals surface area contributed by atoms with E-state index in [0.29, 0.717) is 6.42 Å². The lowest BCUT2D eigenvalue weighted by Crippen LogP contribution is -2.20. The van der Waals surface area contributed by atoms with Gasteiger partial charge in [-0.05, 0) is 24.0 Å². The molecule has 17 heavy (non-hydrogen) atoms. The quantitative estimate of drug-likeness (QED) is 0.849. The lowest BCUT2D eigenvalue weighted by molar-refractivity contribution is -0.138. The molecule has 1 aliphatic rings. The number of hydrogen-bond donors (Lipinski definition) is 1. The molecule has 92 valence electrons. The Hall–Kier alpha value is -1.52. The van der Waals surface area contributed by atoms with Crippen LogP contribution in [-0.4, -0.2) is 13.0 Å². The fourth-order valence-corrected chi connectivity index (χ4v) is 2.09. The normalized spacial score (nSPS) is 23.3. The number of nitrogens with one attached hydrogen (secondary N) is 1. The summed E-state index contributed by atoms with van der Waals surface area (Å²) in [4.78, 5) is 11.3. The van der Waals surface area contributed by atoms with E-state index in [9.17, 15) is 18.0 Å². The van der Waals surface area contributed by atoms with Gasteiger partial charge in [0.2, 0.25) is 5.91 Å². The van der Waals surface area contributed by atoms with Crippen molar-refractivity contribution < 1.29 is 18.0 Å². The van der Waals surface area contributed by atoms with Crippen LogP contribution in [0.1, 0.15) is 23.5 Å². The molecule has 0 saturated heterocycles. The second-order valence-electron chi connectivity index (χ2n) is 4.15. The minimum atomic E-state index is -4.35. The number of amides is 1. The van der Waals surface area contributed by atoms with Gasteiger partial charge in [-0.15, -0.1) is 0 Å². The number of alkyl halides is 3. The lowest BCUT2D eigenvalue weighted by atomic mass is 10.0. The fraction of sp³-hybridized carbons (Fsp3) is 0.417. The Bertz CT molecular complexity index is 442. The van der Waals surface area contributed by atoms with Gasteiger partial charge in [0.25, 0.3) is 0 Å². The van der Waals surface area contributed by atoms with E-state index < -0.39 is 11.7 Å². The summed E-state index contributed by atoms with van der Waals surface area (Å²) in [6, 6.07) is 5.46. The number of halogens is 3. The van der Waals surface area contributed by atoms with E-state index in [0.717, 1.165) is 6.07 Å². The highest BCUT2D eigenvalue weighted by molar-refractivity contribution is 5.82. The summed E-state index contributed by atoms with van der Waals surface area (Å²) in [5.41, 5.74) is -0.398. The van der Waals surface area contributed by atoms with Crippen molar-refractivity contribution in [2.75, 3.05) is 7.05 Å². The predicted molar refractivity (Wildman–Crippen MR) is 56.4 cm³/mol. The number of rotatable bonds is 2. The molecule has 1 aromatic rings. The van der Waals surface area contributed by atoms with Crippen molar-refractivity contribution in [3.63, 3.8) is 0 Å². The van der Waals surface area contributed by atoms with E-state index in [-0.39, 0.29) is 23.3 Å². The summed E-state index contributed by atoms with van der Waals surface area (Å²) in [6.45, 7) is 0. The number of hydrogen-bond acceptors (Lipinski definition) is 1. The molecule has 1 fully saturated rings. The molecule has 2 unspecified atom stereocenters. The average Bonchev–Trinajstić information content (AvgIpc) is 3.07. The van der Waals surface area contributed by atoms with Crippen molar-refractivity contribution in [3.05, 3.63) is 35.4 Å². The molecule has 0 bridgehead atoms. The summed E-state index contributed by atoms with van der Waals surface area (Å²) in [7, 11) is 1.49. The zero-order valence-electron chi connectivity index (χ0n) is 9.21. The van der Waals surface area contributed by atoms with Gasteiger partial charge in [-0.3, -0.25) is 4.79 Å². The Kier molecular flexibility index (Phi) is 2.85. The van der Waals surface area contributed by atoms with Crippen molar-refractivity contribution in [2.24, 2.45) is 5.92 Å². The van der Waals surface area contributed by atoms with Crippen LogP contribution in [-0.2, 0) is 11.0 Å². The maximum absolute atomic E-state index is 12.7. The smallest absolute Gasteiger partial charge is 0.359 e. The number of benzene rings is 1. The summed E-state index contributed by atoms with van der Waals surface area (Å²) < 4.78 is 38.2. The first-order chi connectivity index (χ1) is 7.95. The van der Waals surface area contributed by atoms with E-state index >= 15 is 0 Å². The van der Waals surface area contributed by atoms with Gasteiger partial charge in [0.05, 0.1) is 5.56 Å². The van der Waals surface area contributed by atoms with Crippen molar-refractivity contribution in [2.45, 2.75) is 18.5 Å². The van der Waals surface area contributed by atoms with Crippen LogP contribution in [0.4, 0.5) is 13.2 Å². The molecule has 0 spiro atoms. The van der Waals surface area contributed by atoms with E-state index in [1.54, 1.807) is 6.07 Å². The zero-order valence-corrected chi connectivity index (χ0v) is 9.21. The summed E-state index contributed by atoms with van der Waals surface area (Å²) in [6.07, 6.45) is -3.86. The van der Waals surface area contributed by atoms with Crippen LogP contribution < -0.4 is 5.32 Å². The Morgan fingerprint density at radius 1 is 1.35 bits per heavy atom. The monoisotopic (exact) mass is 243 g/mol. The molecule has 2 atom stereocenters. The van der Waals surface area contributed by atoms with Crippen LogP contribution in [0, 0.1) is 5.92 Å². The van der Waals surface area contributed by atoms with Crippen LogP contribution in [0.3, 0.4) is 0 Å². The summed E-state index contributed by atoms with van der Waals surface area (Å²) >= 11 is 0. The van der Waals surface area contributed by atoms with Gasteiger partial charge in [0.1, 0.15) is 0 Å². The average molecular weight is 243 g/mol. The van der Waals surface area contributed by atoms with Gasteiger partial charge in [0.15, 0.2) is 0 Å². The molecular formula is C12H12F3NO. The second kappa shape index (κ2) is 4.05. The summed E-state index contributed by atoms with van der Waals surface area (Å²) in [5, 5.41) is 2.46. The zero-order chi connectivity index (χ0) is 12.6. The molecule has 0 aromatic heterocycles. The molecule has 1 aromatic carbocycles. The van der Waals surface area contributed by atoms with Crippen molar-refractivity contribution in [1.29, 1.82) is 0 Å². The molecule has 1 aliphatic carbocycles. The third-order valence-corrected chi connectivity index (χ3v) is 3.04. The first kappa shape index (κ1) is 12.0. The number of carbonyl (C=O) groups is 1. The minimum absolute atomic E-state index is 0.188. The third-order valence-electron chi connectivity index (χ3n) is 3.04. The number of carbonyl (C=O) groups excluding carboxylic acids is 1. The van der Waals surface area contributed by atoms with Crippen LogP contribution in [0.15, 0.2) is 24.3 Å². The maximum Gasteiger partial charge on any atom is 0.416 e. The summed E-state index contributed by atoms with van der Waals surface area (Å²) in [5.74, 6) is -0.803. The van der Waals surface area contributed by atoms with Crippen molar-refractivity contribution in [3.8, 4) is 0 Å². The van der Waals surface area contributed by atoms with Gasteiger partial charge >= 0.3 is 6.18 Å². The van der Waals surface area contributed by atoms with Crippen LogP contribution >= 0.6 is 0 Å². The highest BCUT2D eigenvalue weighted by Crippen LogP contribution is 2.50. The van der Waals surface area contributed by atoms with Gasteiger partial charge in [-0.2, -0.15) is 13.2 Å². The molecule has 1 N–H and O–H groups in total. The van der Waals surface area contributed by atoms with Crippen molar-refractivity contribution >= 4 is 5.91 Å². The maximum atomic E-state index is 12.7. The Balaban J connectivity index is 2.27. The first-order valence-corrected chi connectivity index (χ1v) is 5.33. The Morgan fingerprint density at radius 3 is 2.59 bits per heavy atom. The SMILES string of the molecule is CNC(=O)C1CC1c1ccccc1C(F)(F)F. The van der Waals surface area contributed by atoms with E-state index in [1.807, 2.05) is 0 Å². The van der Waals surface area contributed by atoms with Gasteiger partial charge < -0.3 is 5.32 Å². The predicted octanol–water partition coefficient (Wildman–Crippen LogP) is 2.55. The van der Waals surface area contributed by atoms with Gasteiger partial charge in [0, 0.05) is 13.0 Å². The third kappa shape index (κ3) is 2.28. The minimum Gasteiger partial charge on any atom is -0.359 e. The molecular weight excluding hydrogens is 231 g/mol. The van der Waals surface area contributed by atoms with E-state index in [1.165, 1.54) is 19.2 Å². The Labute approximate surface area is 96.8 Å². The van der Waals surface area contributed by atoms with Crippen LogP contribution in [0.25, 0.3) is 0 Å². The van der Waals surface area contributed by atoms with Crippen LogP contribution in [0.5, 0.6) is 0 Å². The molecule has 0 radical (unpaired) electrons. The van der Waals surface area contributed by atoms with Gasteiger partial charge in [-0.1, -0.05) is 18.2 Å². The van der Waals surface area contributed by atoms with Crippen molar-refractivity contribution in [1.82, 2.24) is 5.32 Å². The molecule has 2 nitrogen and oxygen atoms in total. The highest BCUT2D eigenvalue weighted by atomic mass is 19.4. The molecule has 0 heterocycles. The van der Waals surface area contributed by atoms with E-state index in [2.05, 4.69) is 5.32 Å². The van der Waals surface area contributed by atoms with Crippen LogP contribution in [0.2, 0.25) is 0 Å². The highest BCUT2D eigenvalue weighted by Gasteiger charge is 2.47. The van der Waals surface area contributed by atoms with E-state index in [4.69, 9.17) is 0 Å². The topological polar surface area (TPSA) is 29.1 Å². The Morgan fingerprint density at radius 2 is 2.00 bits per heavy atom. The standard InChI is InChI=1S/C12H12F3NO/c1-16-11(17)9-6-8(9)7-4-2-3-5-10(7)12(13,14)15/h2-5,8-9H,6H2,1H3,(H,16,17). The largest absolute Gasteiger partial charge is 0.416 e.